The van der Waals surface area contributed by atoms with Gasteiger partial charge in [0.15, 0.2) is 0 Å². The Morgan fingerprint density at radius 3 is 1.30 bits per heavy atom. The van der Waals surface area contributed by atoms with Gasteiger partial charge in [-0.25, -0.2) is 0 Å². The topological polar surface area (TPSA) is 25.8 Å². The van der Waals surface area contributed by atoms with Crippen LogP contribution in [0.15, 0.2) is 24.5 Å². The van der Waals surface area contributed by atoms with Crippen LogP contribution >= 0.6 is 0 Å². The number of hydrogen-bond acceptors (Lipinski definition) is 2. The molecule has 54 valence electrons. The van der Waals surface area contributed by atoms with Crippen LogP contribution in [0.4, 0.5) is 12.9 Å². The fourth-order valence-corrected chi connectivity index (χ4v) is 0.253. The SMILES string of the molecule is FB(F)F.c1ccnnc1. The molecule has 0 saturated carbocycles. The summed E-state index contributed by atoms with van der Waals surface area (Å²) in [6.45, 7) is 0. The maximum atomic E-state index is 9.67. The molecule has 0 unspecified atom stereocenters. The van der Waals surface area contributed by atoms with Gasteiger partial charge in [0.1, 0.15) is 0 Å². The van der Waals surface area contributed by atoms with Gasteiger partial charge in [-0.3, -0.25) is 12.9 Å². The summed E-state index contributed by atoms with van der Waals surface area (Å²) in [7, 11) is -3.67. The predicted molar refractivity (Wildman–Crippen MR) is 31.1 cm³/mol. The molecule has 0 bridgehead atoms. The van der Waals surface area contributed by atoms with E-state index in [0.29, 0.717) is 0 Å². The summed E-state index contributed by atoms with van der Waals surface area (Å²) < 4.78 is 29.0. The van der Waals surface area contributed by atoms with Crippen molar-refractivity contribution < 1.29 is 12.9 Å². The third-order valence-electron chi connectivity index (χ3n) is 0.483. The van der Waals surface area contributed by atoms with Crippen LogP contribution in [0, 0.1) is 0 Å². The highest BCUT2D eigenvalue weighted by Crippen LogP contribution is 1.80. The summed E-state index contributed by atoms with van der Waals surface area (Å²) in [4.78, 5) is 0. The molecule has 0 aliphatic rings. The summed E-state index contributed by atoms with van der Waals surface area (Å²) in [5, 5.41) is 7.07. The average Bonchev–Trinajstić information content (AvgIpc) is 1.90. The largest absolute Gasteiger partial charge is 0.762 e. The summed E-state index contributed by atoms with van der Waals surface area (Å²) in [6, 6.07) is 3.65. The van der Waals surface area contributed by atoms with Crippen molar-refractivity contribution in [2.45, 2.75) is 0 Å². The van der Waals surface area contributed by atoms with E-state index in [1.165, 1.54) is 0 Å². The van der Waals surface area contributed by atoms with Crippen molar-refractivity contribution in [3.05, 3.63) is 24.5 Å². The van der Waals surface area contributed by atoms with E-state index >= 15 is 0 Å². The zero-order chi connectivity index (χ0) is 7.82. The molecule has 10 heavy (non-hydrogen) atoms. The zero-order valence-corrected chi connectivity index (χ0v) is 4.92. The Balaban J connectivity index is 0.000000180. The molecule has 0 radical (unpaired) electrons. The van der Waals surface area contributed by atoms with Gasteiger partial charge in [-0.2, -0.15) is 10.2 Å². The van der Waals surface area contributed by atoms with Crippen LogP contribution in [-0.4, -0.2) is 17.7 Å². The highest BCUT2D eigenvalue weighted by Gasteiger charge is 2.06. The van der Waals surface area contributed by atoms with Crippen LogP contribution in [0.3, 0.4) is 0 Å². The molecule has 0 aliphatic carbocycles. The average molecular weight is 148 g/mol. The molecule has 0 aliphatic heterocycles. The minimum atomic E-state index is -3.67. The number of aromatic nitrogens is 2. The lowest BCUT2D eigenvalue weighted by Crippen LogP contribution is -1.76. The molecule has 0 fully saturated rings. The van der Waals surface area contributed by atoms with Crippen molar-refractivity contribution in [2.75, 3.05) is 0 Å². The summed E-state index contributed by atoms with van der Waals surface area (Å²) in [6.07, 6.45) is 3.28. The Kier molecular flexibility index (Phi) is 5.42. The molecular weight excluding hydrogens is 144 g/mol. The quantitative estimate of drug-likeness (QED) is 0.519. The standard InChI is InChI=1S/C4H4N2.BF3/c1-2-4-6-5-3-1;2-1(3)4/h1-4H;. The Bertz CT molecular complexity index is 119. The number of hydrogen-bond donors (Lipinski definition) is 0. The number of nitrogens with zero attached hydrogens (tertiary/aromatic N) is 2. The Morgan fingerprint density at radius 1 is 0.900 bits per heavy atom. The van der Waals surface area contributed by atoms with Crippen LogP contribution in [0.1, 0.15) is 0 Å². The maximum absolute atomic E-state index is 9.67. The molecular formula is C4H4BF3N2. The maximum Gasteiger partial charge on any atom is 0.762 e. The van der Waals surface area contributed by atoms with Crippen molar-refractivity contribution in [1.82, 2.24) is 10.2 Å². The lowest BCUT2D eigenvalue weighted by Gasteiger charge is -1.69. The molecule has 0 N–H and O–H groups in total. The molecule has 1 aromatic heterocycles. The van der Waals surface area contributed by atoms with Crippen molar-refractivity contribution in [3.8, 4) is 0 Å². The van der Waals surface area contributed by atoms with E-state index in [2.05, 4.69) is 10.2 Å². The van der Waals surface area contributed by atoms with E-state index in [1.807, 2.05) is 12.1 Å². The van der Waals surface area contributed by atoms with Crippen molar-refractivity contribution in [2.24, 2.45) is 0 Å². The second-order valence-electron chi connectivity index (χ2n) is 1.16. The molecule has 0 aromatic carbocycles. The van der Waals surface area contributed by atoms with Gasteiger partial charge < -0.3 is 0 Å². The molecule has 0 atom stereocenters. The van der Waals surface area contributed by atoms with Gasteiger partial charge in [0.2, 0.25) is 0 Å². The van der Waals surface area contributed by atoms with E-state index in [-0.39, 0.29) is 0 Å². The molecule has 1 heterocycles. The molecule has 1 rings (SSSR count). The first-order valence-electron chi connectivity index (χ1n) is 2.37. The van der Waals surface area contributed by atoms with Gasteiger partial charge in [-0.05, 0) is 12.1 Å². The van der Waals surface area contributed by atoms with Crippen LogP contribution in [0.5, 0.6) is 0 Å². The van der Waals surface area contributed by atoms with Gasteiger partial charge in [-0.1, -0.05) is 0 Å². The van der Waals surface area contributed by atoms with Crippen molar-refractivity contribution in [1.29, 1.82) is 0 Å². The molecule has 0 saturated heterocycles. The first kappa shape index (κ1) is 8.93. The first-order chi connectivity index (χ1) is 4.73. The summed E-state index contributed by atoms with van der Waals surface area (Å²) in [5.41, 5.74) is 0. The van der Waals surface area contributed by atoms with Crippen molar-refractivity contribution in [3.63, 3.8) is 0 Å². The highest BCUT2D eigenvalue weighted by atomic mass is 19.4. The van der Waals surface area contributed by atoms with Gasteiger partial charge in [0, 0.05) is 12.4 Å². The molecule has 6 heteroatoms. The monoisotopic (exact) mass is 148 g/mol. The third kappa shape index (κ3) is 10.0. The van der Waals surface area contributed by atoms with Crippen LogP contribution in [0.2, 0.25) is 0 Å². The first-order valence-corrected chi connectivity index (χ1v) is 2.37. The Labute approximate surface area is 56.3 Å². The van der Waals surface area contributed by atoms with E-state index in [1.54, 1.807) is 12.4 Å². The second-order valence-corrected chi connectivity index (χ2v) is 1.16. The van der Waals surface area contributed by atoms with Gasteiger partial charge in [0.05, 0.1) is 0 Å². The molecule has 2 nitrogen and oxygen atoms in total. The van der Waals surface area contributed by atoms with E-state index in [0.717, 1.165) is 0 Å². The molecule has 0 amide bonds. The lowest BCUT2D eigenvalue weighted by atomic mass is 10.5. The van der Waals surface area contributed by atoms with Gasteiger partial charge in [-0.15, -0.1) is 0 Å². The minimum Gasteiger partial charge on any atom is -0.254 e. The summed E-state index contributed by atoms with van der Waals surface area (Å²) >= 11 is 0. The third-order valence-corrected chi connectivity index (χ3v) is 0.483. The van der Waals surface area contributed by atoms with Gasteiger partial charge in [0.25, 0.3) is 0 Å². The van der Waals surface area contributed by atoms with E-state index in [4.69, 9.17) is 0 Å². The Morgan fingerprint density at radius 2 is 1.20 bits per heavy atom. The number of rotatable bonds is 0. The number of halogens is 3. The van der Waals surface area contributed by atoms with E-state index in [9.17, 15) is 12.9 Å². The van der Waals surface area contributed by atoms with Crippen LogP contribution < -0.4 is 0 Å². The van der Waals surface area contributed by atoms with Crippen LogP contribution in [-0.2, 0) is 0 Å². The highest BCUT2D eigenvalue weighted by molar-refractivity contribution is 6.33. The zero-order valence-electron chi connectivity index (χ0n) is 4.92. The fourth-order valence-electron chi connectivity index (χ4n) is 0.253. The van der Waals surface area contributed by atoms with Crippen molar-refractivity contribution >= 4 is 7.54 Å². The minimum absolute atomic E-state index is 1.64. The van der Waals surface area contributed by atoms with Gasteiger partial charge >= 0.3 is 7.54 Å². The smallest absolute Gasteiger partial charge is 0.254 e. The summed E-state index contributed by atoms with van der Waals surface area (Å²) in [5.74, 6) is 0. The van der Waals surface area contributed by atoms with E-state index < -0.39 is 7.54 Å². The second kappa shape index (κ2) is 6.06. The van der Waals surface area contributed by atoms with Crippen LogP contribution in [0.25, 0.3) is 0 Å². The predicted octanol–water partition coefficient (Wildman–Crippen LogP) is 1.36. The fraction of sp³-hybridized carbons (Fsp3) is 0. The molecule has 0 spiro atoms. The molecule has 1 aromatic rings. The lowest BCUT2D eigenvalue weighted by molar-refractivity contribution is 0.535. The Hall–Kier alpha value is -1.07. The normalized spacial score (nSPS) is 7.50.